The van der Waals surface area contributed by atoms with Crippen LogP contribution in [0.4, 0.5) is 15.8 Å². The van der Waals surface area contributed by atoms with Gasteiger partial charge in [-0.15, -0.1) is 0 Å². The zero-order valence-corrected chi connectivity index (χ0v) is 17.1. The average Bonchev–Trinajstić information content (AvgIpc) is 3.24. The normalized spacial score (nSPS) is 10.6. The first-order valence-corrected chi connectivity index (χ1v) is 9.78. The number of carbonyl (C=O) groups is 2. The molecule has 162 valence electrons. The van der Waals surface area contributed by atoms with Crippen LogP contribution in [-0.4, -0.2) is 30.5 Å². The molecule has 8 heteroatoms. The van der Waals surface area contributed by atoms with Crippen molar-refractivity contribution in [3.63, 3.8) is 0 Å². The predicted molar refractivity (Wildman–Crippen MR) is 120 cm³/mol. The molecule has 0 atom stereocenters. The number of H-pyrrole nitrogens is 1. The smallest absolute Gasteiger partial charge is 0.272 e. The Morgan fingerprint density at radius 2 is 1.62 bits per heavy atom. The summed E-state index contributed by atoms with van der Waals surface area (Å²) >= 11 is 0. The second kappa shape index (κ2) is 9.22. The van der Waals surface area contributed by atoms with E-state index in [0.29, 0.717) is 33.8 Å². The minimum atomic E-state index is -0.427. The summed E-state index contributed by atoms with van der Waals surface area (Å²) in [6.07, 6.45) is 0. The average molecular weight is 433 g/mol. The number of hydrogen-bond donors (Lipinski definition) is 3. The molecule has 0 aliphatic carbocycles. The van der Waals surface area contributed by atoms with Gasteiger partial charge >= 0.3 is 0 Å². The van der Waals surface area contributed by atoms with Gasteiger partial charge in [-0.2, -0.15) is 0 Å². The van der Waals surface area contributed by atoms with Crippen LogP contribution in [0.1, 0.15) is 10.5 Å². The number of aromatic nitrogens is 1. The molecule has 0 spiro atoms. The predicted octanol–water partition coefficient (Wildman–Crippen LogP) is 4.59. The van der Waals surface area contributed by atoms with E-state index in [2.05, 4.69) is 15.6 Å². The fourth-order valence-corrected chi connectivity index (χ4v) is 3.19. The van der Waals surface area contributed by atoms with Crippen molar-refractivity contribution in [1.82, 2.24) is 4.98 Å². The van der Waals surface area contributed by atoms with Crippen LogP contribution < -0.4 is 20.1 Å². The molecule has 3 aromatic carbocycles. The van der Waals surface area contributed by atoms with E-state index in [1.54, 1.807) is 60.7 Å². The number of carbonyl (C=O) groups excluding carboxylic acids is 2. The van der Waals surface area contributed by atoms with E-state index in [4.69, 9.17) is 9.47 Å². The summed E-state index contributed by atoms with van der Waals surface area (Å²) in [5, 5.41) is 5.79. The van der Waals surface area contributed by atoms with E-state index in [9.17, 15) is 14.0 Å². The standard InChI is InChI=1S/C24H20FN3O4/c1-31-21-10-2-3-11-22(21)32-14-23(29)26-15-6-4-7-16(12-15)27-24(30)20-13-17-18(25)8-5-9-19(17)28-20/h2-13,28H,14H2,1H3,(H,26,29)(H,27,30). The van der Waals surface area contributed by atoms with Crippen LogP contribution in [0.25, 0.3) is 10.9 Å². The van der Waals surface area contributed by atoms with E-state index in [1.807, 2.05) is 0 Å². The highest BCUT2D eigenvalue weighted by atomic mass is 19.1. The van der Waals surface area contributed by atoms with Crippen LogP contribution in [-0.2, 0) is 4.79 Å². The monoisotopic (exact) mass is 433 g/mol. The number of halogens is 1. The first-order chi connectivity index (χ1) is 15.5. The van der Waals surface area contributed by atoms with Crippen LogP contribution in [0.15, 0.2) is 72.8 Å². The Balaban J connectivity index is 1.39. The van der Waals surface area contributed by atoms with Gasteiger partial charge in [-0.25, -0.2) is 4.39 Å². The van der Waals surface area contributed by atoms with E-state index < -0.39 is 11.7 Å². The van der Waals surface area contributed by atoms with Crippen molar-refractivity contribution >= 4 is 34.1 Å². The fourth-order valence-electron chi connectivity index (χ4n) is 3.19. The van der Waals surface area contributed by atoms with Crippen molar-refractivity contribution in [3.05, 3.63) is 84.3 Å². The Hall–Kier alpha value is -4.33. The van der Waals surface area contributed by atoms with Gasteiger partial charge in [-0.05, 0) is 48.5 Å². The first-order valence-electron chi connectivity index (χ1n) is 9.78. The number of anilines is 2. The lowest BCUT2D eigenvalue weighted by atomic mass is 10.2. The molecule has 4 aromatic rings. The molecule has 0 unspecified atom stereocenters. The Morgan fingerprint density at radius 3 is 2.38 bits per heavy atom. The molecule has 4 rings (SSSR count). The summed E-state index contributed by atoms with van der Waals surface area (Å²) in [7, 11) is 1.52. The van der Waals surface area contributed by atoms with Gasteiger partial charge in [0.05, 0.1) is 7.11 Å². The number of hydrogen-bond acceptors (Lipinski definition) is 4. The third-order valence-corrected chi connectivity index (χ3v) is 4.69. The molecule has 0 saturated heterocycles. The summed E-state index contributed by atoms with van der Waals surface area (Å²) in [5.74, 6) is -0.213. The summed E-state index contributed by atoms with van der Waals surface area (Å²) in [5.41, 5.74) is 1.72. The highest BCUT2D eigenvalue weighted by Gasteiger charge is 2.13. The molecular weight excluding hydrogens is 413 g/mol. The Kier molecular flexibility index (Phi) is 6.03. The lowest BCUT2D eigenvalue weighted by molar-refractivity contribution is -0.118. The number of rotatable bonds is 7. The highest BCUT2D eigenvalue weighted by molar-refractivity contribution is 6.06. The molecule has 32 heavy (non-hydrogen) atoms. The van der Waals surface area contributed by atoms with Crippen molar-refractivity contribution in [2.45, 2.75) is 0 Å². The molecule has 7 nitrogen and oxygen atoms in total. The lowest BCUT2D eigenvalue weighted by Crippen LogP contribution is -2.20. The Bertz CT molecular complexity index is 1290. The van der Waals surface area contributed by atoms with Gasteiger partial charge in [-0.1, -0.05) is 24.3 Å². The number of para-hydroxylation sites is 2. The number of ether oxygens (including phenoxy) is 2. The molecule has 1 aromatic heterocycles. The van der Waals surface area contributed by atoms with E-state index in [1.165, 1.54) is 19.2 Å². The summed E-state index contributed by atoms with van der Waals surface area (Å²) in [6.45, 7) is -0.211. The maximum Gasteiger partial charge on any atom is 0.272 e. The largest absolute Gasteiger partial charge is 0.493 e. The third-order valence-electron chi connectivity index (χ3n) is 4.69. The maximum absolute atomic E-state index is 13.9. The molecule has 0 radical (unpaired) electrons. The van der Waals surface area contributed by atoms with E-state index in [0.717, 1.165) is 0 Å². The molecule has 2 amide bonds. The summed E-state index contributed by atoms with van der Waals surface area (Å²) < 4.78 is 24.6. The van der Waals surface area contributed by atoms with Crippen LogP contribution >= 0.6 is 0 Å². The van der Waals surface area contributed by atoms with Gasteiger partial charge in [0.1, 0.15) is 11.5 Å². The number of amides is 2. The van der Waals surface area contributed by atoms with Gasteiger partial charge in [0, 0.05) is 22.3 Å². The number of benzene rings is 3. The molecule has 0 fully saturated rings. The summed E-state index contributed by atoms with van der Waals surface area (Å²) in [4.78, 5) is 27.7. The molecule has 1 heterocycles. The summed E-state index contributed by atoms with van der Waals surface area (Å²) in [6, 6.07) is 19.8. The first kappa shape index (κ1) is 20.9. The van der Waals surface area contributed by atoms with E-state index in [-0.39, 0.29) is 18.2 Å². The quantitative estimate of drug-likeness (QED) is 0.398. The van der Waals surface area contributed by atoms with Crippen LogP contribution in [0.2, 0.25) is 0 Å². The fraction of sp³-hybridized carbons (Fsp3) is 0.0833. The van der Waals surface area contributed by atoms with Gasteiger partial charge < -0.3 is 25.1 Å². The molecule has 0 aliphatic heterocycles. The topological polar surface area (TPSA) is 92.4 Å². The number of nitrogens with one attached hydrogen (secondary N) is 3. The number of fused-ring (bicyclic) bond motifs is 1. The minimum Gasteiger partial charge on any atom is -0.493 e. The number of methoxy groups -OCH3 is 1. The van der Waals surface area contributed by atoms with Gasteiger partial charge in [0.2, 0.25) is 0 Å². The molecule has 3 N–H and O–H groups in total. The SMILES string of the molecule is COc1ccccc1OCC(=O)Nc1cccc(NC(=O)c2cc3c(F)cccc3[nH]2)c1. The third kappa shape index (κ3) is 4.70. The van der Waals surface area contributed by atoms with Gasteiger partial charge in [-0.3, -0.25) is 9.59 Å². The van der Waals surface area contributed by atoms with Gasteiger partial charge in [0.15, 0.2) is 18.1 Å². The van der Waals surface area contributed by atoms with Crippen LogP contribution in [0.5, 0.6) is 11.5 Å². The maximum atomic E-state index is 13.9. The molecule has 0 bridgehead atoms. The second-order valence-electron chi connectivity index (χ2n) is 6.91. The van der Waals surface area contributed by atoms with Crippen LogP contribution in [0.3, 0.4) is 0 Å². The molecule has 0 aliphatic rings. The minimum absolute atomic E-state index is 0.211. The van der Waals surface area contributed by atoms with Crippen molar-refractivity contribution in [3.8, 4) is 11.5 Å². The van der Waals surface area contributed by atoms with Crippen molar-refractivity contribution in [2.75, 3.05) is 24.4 Å². The van der Waals surface area contributed by atoms with E-state index >= 15 is 0 Å². The molecule has 0 saturated carbocycles. The van der Waals surface area contributed by atoms with Gasteiger partial charge in [0.25, 0.3) is 11.8 Å². The Morgan fingerprint density at radius 1 is 0.906 bits per heavy atom. The Labute approximate surface area is 183 Å². The highest BCUT2D eigenvalue weighted by Crippen LogP contribution is 2.26. The van der Waals surface area contributed by atoms with Crippen LogP contribution in [0, 0.1) is 5.82 Å². The molecular formula is C24H20FN3O4. The zero-order chi connectivity index (χ0) is 22.5. The number of aromatic amines is 1. The zero-order valence-electron chi connectivity index (χ0n) is 17.1. The van der Waals surface area contributed by atoms with Crippen molar-refractivity contribution in [2.24, 2.45) is 0 Å². The second-order valence-corrected chi connectivity index (χ2v) is 6.91. The van der Waals surface area contributed by atoms with Crippen molar-refractivity contribution < 1.29 is 23.5 Å². The lowest BCUT2D eigenvalue weighted by Gasteiger charge is -2.11. The van der Waals surface area contributed by atoms with Crippen molar-refractivity contribution in [1.29, 1.82) is 0 Å².